The standard InChI is InChI=1S/C21H29N5O8S/c22-12(9-16(23)27)18(30)25-14(8-11-4-2-1-3-5-11)20(32)24-13(6-7-17(28)29)19(31)26-15(10-35)21(33)34/h1-5,12-15,35H,6-10,22H2,(H2,23,27)(H,24,32)(H,25,30)(H,26,31)(H,28,29)(H,33,34). The van der Waals surface area contributed by atoms with Gasteiger partial charge in [0.2, 0.25) is 23.6 Å². The summed E-state index contributed by atoms with van der Waals surface area (Å²) in [6, 6.07) is 3.15. The number of benzene rings is 1. The number of carbonyl (C=O) groups excluding carboxylic acids is 4. The number of amides is 4. The number of carbonyl (C=O) groups is 6. The highest BCUT2D eigenvalue weighted by atomic mass is 32.1. The van der Waals surface area contributed by atoms with Crippen LogP contribution in [0.1, 0.15) is 24.8 Å². The van der Waals surface area contributed by atoms with Crippen LogP contribution >= 0.6 is 12.6 Å². The van der Waals surface area contributed by atoms with Crippen LogP contribution in [0.5, 0.6) is 0 Å². The maximum Gasteiger partial charge on any atom is 0.327 e. The molecular formula is C21H29N5O8S. The van der Waals surface area contributed by atoms with Gasteiger partial charge in [0.1, 0.15) is 18.1 Å². The van der Waals surface area contributed by atoms with E-state index in [4.69, 9.17) is 21.7 Å². The maximum absolute atomic E-state index is 13.1. The van der Waals surface area contributed by atoms with E-state index >= 15 is 0 Å². The van der Waals surface area contributed by atoms with Crippen LogP contribution in [-0.2, 0) is 35.2 Å². The molecule has 1 rings (SSSR count). The van der Waals surface area contributed by atoms with Gasteiger partial charge in [-0.05, 0) is 12.0 Å². The topological polar surface area (TPSA) is 231 Å². The molecule has 0 bridgehead atoms. The van der Waals surface area contributed by atoms with Crippen LogP contribution in [0.2, 0.25) is 0 Å². The Kier molecular flexibility index (Phi) is 12.2. The molecule has 0 aliphatic rings. The number of carboxylic acids is 2. The molecule has 192 valence electrons. The maximum atomic E-state index is 13.1. The van der Waals surface area contributed by atoms with E-state index in [1.165, 1.54) is 0 Å². The van der Waals surface area contributed by atoms with Crippen molar-refractivity contribution in [3.05, 3.63) is 35.9 Å². The van der Waals surface area contributed by atoms with Crippen molar-refractivity contribution in [1.29, 1.82) is 0 Å². The van der Waals surface area contributed by atoms with Crippen LogP contribution < -0.4 is 27.4 Å². The highest BCUT2D eigenvalue weighted by molar-refractivity contribution is 7.80. The average Bonchev–Trinajstić information content (AvgIpc) is 2.79. The van der Waals surface area contributed by atoms with Crippen LogP contribution in [0.25, 0.3) is 0 Å². The van der Waals surface area contributed by atoms with Crippen molar-refractivity contribution >= 4 is 48.2 Å². The first kappa shape index (κ1) is 29.4. The minimum Gasteiger partial charge on any atom is -0.481 e. The second kappa shape index (κ2) is 14.6. The van der Waals surface area contributed by atoms with Gasteiger partial charge in [-0.3, -0.25) is 24.0 Å². The summed E-state index contributed by atoms with van der Waals surface area (Å²) >= 11 is 3.85. The molecule has 35 heavy (non-hydrogen) atoms. The summed E-state index contributed by atoms with van der Waals surface area (Å²) in [5.74, 6) is -6.30. The zero-order chi connectivity index (χ0) is 26.5. The summed E-state index contributed by atoms with van der Waals surface area (Å²) in [5.41, 5.74) is 11.4. The number of carboxylic acid groups (broad SMARTS) is 2. The molecule has 4 unspecified atom stereocenters. The minimum absolute atomic E-state index is 0.0244. The second-order valence-electron chi connectivity index (χ2n) is 7.60. The minimum atomic E-state index is -1.42. The lowest BCUT2D eigenvalue weighted by Crippen LogP contribution is -2.58. The number of thiol groups is 1. The molecule has 13 nitrogen and oxygen atoms in total. The number of aliphatic carboxylic acids is 2. The van der Waals surface area contributed by atoms with E-state index < -0.39 is 72.6 Å². The van der Waals surface area contributed by atoms with Crippen LogP contribution in [-0.4, -0.2) is 75.7 Å². The third-order valence-electron chi connectivity index (χ3n) is 4.75. The molecule has 0 spiro atoms. The Hall–Kier alpha value is -3.65. The fourth-order valence-electron chi connectivity index (χ4n) is 2.91. The number of rotatable bonds is 15. The average molecular weight is 512 g/mol. The zero-order valence-electron chi connectivity index (χ0n) is 18.7. The molecule has 14 heteroatoms. The molecule has 4 atom stereocenters. The fraction of sp³-hybridized carbons (Fsp3) is 0.429. The van der Waals surface area contributed by atoms with Gasteiger partial charge in [-0.1, -0.05) is 30.3 Å². The summed E-state index contributed by atoms with van der Waals surface area (Å²) in [7, 11) is 0. The summed E-state index contributed by atoms with van der Waals surface area (Å²) in [5, 5.41) is 25.1. The quantitative estimate of drug-likeness (QED) is 0.119. The summed E-state index contributed by atoms with van der Waals surface area (Å²) in [6.45, 7) is 0. The van der Waals surface area contributed by atoms with E-state index in [1.54, 1.807) is 30.3 Å². The molecule has 0 saturated heterocycles. The third kappa shape index (κ3) is 10.9. The molecule has 0 saturated carbocycles. The first-order valence-corrected chi connectivity index (χ1v) is 11.1. The summed E-state index contributed by atoms with van der Waals surface area (Å²) in [6.07, 6.45) is -1.34. The molecule has 1 aromatic carbocycles. The van der Waals surface area contributed by atoms with Crippen molar-refractivity contribution in [2.75, 3.05) is 5.75 Å². The Morgan fingerprint density at radius 1 is 0.857 bits per heavy atom. The molecule has 4 amide bonds. The predicted molar refractivity (Wildman–Crippen MR) is 126 cm³/mol. The van der Waals surface area contributed by atoms with Gasteiger partial charge < -0.3 is 37.6 Å². The van der Waals surface area contributed by atoms with Gasteiger partial charge in [-0.15, -0.1) is 0 Å². The van der Waals surface area contributed by atoms with Gasteiger partial charge in [-0.2, -0.15) is 12.6 Å². The summed E-state index contributed by atoms with van der Waals surface area (Å²) in [4.78, 5) is 71.4. The van der Waals surface area contributed by atoms with E-state index in [9.17, 15) is 28.8 Å². The molecule has 0 aliphatic carbocycles. The molecule has 0 aromatic heterocycles. The molecule has 0 heterocycles. The lowest BCUT2D eigenvalue weighted by molar-refractivity contribution is -0.142. The van der Waals surface area contributed by atoms with E-state index in [0.29, 0.717) is 5.56 Å². The van der Waals surface area contributed by atoms with Crippen molar-refractivity contribution in [3.8, 4) is 0 Å². The van der Waals surface area contributed by atoms with E-state index in [0.717, 1.165) is 0 Å². The first-order valence-electron chi connectivity index (χ1n) is 10.5. The predicted octanol–water partition coefficient (Wildman–Crippen LogP) is -2.23. The second-order valence-corrected chi connectivity index (χ2v) is 7.97. The molecule has 1 aromatic rings. The Bertz CT molecular complexity index is 930. The zero-order valence-corrected chi connectivity index (χ0v) is 19.6. The number of hydrogen-bond acceptors (Lipinski definition) is 8. The third-order valence-corrected chi connectivity index (χ3v) is 5.12. The molecular weight excluding hydrogens is 482 g/mol. The lowest BCUT2D eigenvalue weighted by Gasteiger charge is -2.25. The van der Waals surface area contributed by atoms with Gasteiger partial charge in [0.05, 0.1) is 12.5 Å². The smallest absolute Gasteiger partial charge is 0.327 e. The van der Waals surface area contributed by atoms with Crippen LogP contribution in [0, 0.1) is 0 Å². The van der Waals surface area contributed by atoms with Gasteiger partial charge >= 0.3 is 11.9 Å². The normalized spacial score (nSPS) is 14.0. The van der Waals surface area contributed by atoms with Crippen molar-refractivity contribution in [2.45, 2.75) is 49.9 Å². The van der Waals surface area contributed by atoms with Crippen LogP contribution in [0.4, 0.5) is 0 Å². The van der Waals surface area contributed by atoms with Gasteiger partial charge in [0.25, 0.3) is 0 Å². The van der Waals surface area contributed by atoms with Gasteiger partial charge in [-0.25, -0.2) is 4.79 Å². The summed E-state index contributed by atoms with van der Waals surface area (Å²) < 4.78 is 0. The number of primary amides is 1. The van der Waals surface area contributed by atoms with Gasteiger partial charge in [0.15, 0.2) is 0 Å². The number of hydrogen-bond donors (Lipinski definition) is 8. The Morgan fingerprint density at radius 2 is 1.40 bits per heavy atom. The molecule has 0 aliphatic heterocycles. The Morgan fingerprint density at radius 3 is 1.91 bits per heavy atom. The fourth-order valence-corrected chi connectivity index (χ4v) is 3.16. The SMILES string of the molecule is NC(=O)CC(N)C(=O)NC(Cc1ccccc1)C(=O)NC(CCC(=O)O)C(=O)NC(CS)C(=O)O. The first-order chi connectivity index (χ1) is 16.4. The largest absolute Gasteiger partial charge is 0.481 e. The van der Waals surface area contributed by atoms with Crippen molar-refractivity contribution in [1.82, 2.24) is 16.0 Å². The van der Waals surface area contributed by atoms with E-state index in [-0.39, 0.29) is 18.6 Å². The highest BCUT2D eigenvalue weighted by Crippen LogP contribution is 2.07. The van der Waals surface area contributed by atoms with Crippen molar-refractivity contribution in [3.63, 3.8) is 0 Å². The van der Waals surface area contributed by atoms with E-state index in [2.05, 4.69) is 28.6 Å². The van der Waals surface area contributed by atoms with Crippen LogP contribution in [0.15, 0.2) is 30.3 Å². The van der Waals surface area contributed by atoms with Gasteiger partial charge in [0, 0.05) is 18.6 Å². The Labute approximate surface area is 206 Å². The highest BCUT2D eigenvalue weighted by Gasteiger charge is 2.30. The molecule has 0 fully saturated rings. The number of nitrogens with two attached hydrogens (primary N) is 2. The van der Waals surface area contributed by atoms with Crippen molar-refractivity contribution < 1.29 is 39.0 Å². The number of nitrogens with one attached hydrogen (secondary N) is 3. The van der Waals surface area contributed by atoms with Crippen LogP contribution in [0.3, 0.4) is 0 Å². The van der Waals surface area contributed by atoms with Crippen molar-refractivity contribution in [2.24, 2.45) is 11.5 Å². The lowest BCUT2D eigenvalue weighted by atomic mass is 10.0. The molecule has 9 N–H and O–H groups in total. The van der Waals surface area contributed by atoms with E-state index in [1.807, 2.05) is 0 Å². The monoisotopic (exact) mass is 511 g/mol. The Balaban J connectivity index is 3.10. The molecule has 0 radical (unpaired) electrons.